The monoisotopic (exact) mass is 358 g/mol. The molecule has 1 saturated heterocycles. The topological polar surface area (TPSA) is 64.7 Å². The van der Waals surface area contributed by atoms with Crippen LogP contribution in [0.1, 0.15) is 32.1 Å². The molecule has 26 heavy (non-hydrogen) atoms. The summed E-state index contributed by atoms with van der Waals surface area (Å²) in [7, 11) is 0. The van der Waals surface area contributed by atoms with Crippen molar-refractivity contribution in [3.8, 4) is 0 Å². The van der Waals surface area contributed by atoms with Gasteiger partial charge in [-0.05, 0) is 37.9 Å². The average molecular weight is 358 g/mol. The Labute approximate surface area is 155 Å². The highest BCUT2D eigenvalue weighted by molar-refractivity contribution is 6.35. The molecule has 1 aliphatic heterocycles. The number of amides is 2. The lowest BCUT2D eigenvalue weighted by atomic mass is 10.2. The van der Waals surface area contributed by atoms with Crippen LogP contribution in [-0.2, 0) is 9.59 Å². The summed E-state index contributed by atoms with van der Waals surface area (Å²) in [4.78, 5) is 28.5. The normalized spacial score (nSPS) is 18.7. The number of carbonyl (C=O) groups excluding carboxylic acids is 2. The van der Waals surface area contributed by atoms with Crippen LogP contribution in [0.2, 0.25) is 0 Å². The van der Waals surface area contributed by atoms with Crippen LogP contribution in [0.25, 0.3) is 0 Å². The molecule has 1 heterocycles. The van der Waals surface area contributed by atoms with Crippen LogP contribution in [0, 0.1) is 0 Å². The number of nitrogens with one attached hydrogen (secondary N) is 2. The maximum atomic E-state index is 11.8. The fraction of sp³-hybridized carbons (Fsp3) is 0.600. The highest BCUT2D eigenvalue weighted by Gasteiger charge is 2.21. The summed E-state index contributed by atoms with van der Waals surface area (Å²) in [6, 6.07) is 10.7. The minimum Gasteiger partial charge on any atom is -0.369 e. The molecule has 2 fully saturated rings. The lowest BCUT2D eigenvalue weighted by Gasteiger charge is -2.36. The first kappa shape index (κ1) is 18.7. The molecule has 0 bridgehead atoms. The Bertz CT molecular complexity index is 579. The minimum absolute atomic E-state index is 0.189. The number of hydrogen-bond donors (Lipinski definition) is 2. The summed E-state index contributed by atoms with van der Waals surface area (Å²) in [6.07, 6.45) is 5.14. The van der Waals surface area contributed by atoms with Crippen molar-refractivity contribution in [1.82, 2.24) is 15.5 Å². The van der Waals surface area contributed by atoms with E-state index in [1.807, 2.05) is 6.07 Å². The van der Waals surface area contributed by atoms with E-state index in [0.717, 1.165) is 64.8 Å². The van der Waals surface area contributed by atoms with Crippen molar-refractivity contribution in [3.05, 3.63) is 30.3 Å². The number of benzene rings is 1. The average Bonchev–Trinajstić information content (AvgIpc) is 3.19. The van der Waals surface area contributed by atoms with Gasteiger partial charge in [0.2, 0.25) is 0 Å². The Balaban J connectivity index is 1.27. The Morgan fingerprint density at radius 2 is 1.65 bits per heavy atom. The van der Waals surface area contributed by atoms with Crippen LogP contribution in [0.15, 0.2) is 30.3 Å². The smallest absolute Gasteiger partial charge is 0.309 e. The van der Waals surface area contributed by atoms with Crippen molar-refractivity contribution in [2.24, 2.45) is 0 Å². The number of hydrogen-bond acceptors (Lipinski definition) is 4. The minimum atomic E-state index is -0.495. The van der Waals surface area contributed by atoms with Gasteiger partial charge in [0.15, 0.2) is 0 Å². The molecular weight excluding hydrogens is 328 g/mol. The molecule has 1 aromatic carbocycles. The second-order valence-electron chi connectivity index (χ2n) is 7.23. The van der Waals surface area contributed by atoms with E-state index in [4.69, 9.17) is 0 Å². The Morgan fingerprint density at radius 1 is 0.962 bits per heavy atom. The molecule has 1 saturated carbocycles. The van der Waals surface area contributed by atoms with Crippen molar-refractivity contribution in [2.75, 3.05) is 44.2 Å². The van der Waals surface area contributed by atoms with Gasteiger partial charge in [-0.2, -0.15) is 0 Å². The zero-order valence-corrected chi connectivity index (χ0v) is 15.5. The predicted molar refractivity (Wildman–Crippen MR) is 103 cm³/mol. The van der Waals surface area contributed by atoms with Crippen LogP contribution in [0.4, 0.5) is 5.69 Å². The first-order valence-corrected chi connectivity index (χ1v) is 9.83. The number of carbonyl (C=O) groups is 2. The van der Waals surface area contributed by atoms with Crippen LogP contribution < -0.4 is 15.5 Å². The molecule has 6 nitrogen and oxygen atoms in total. The predicted octanol–water partition coefficient (Wildman–Crippen LogP) is 1.37. The van der Waals surface area contributed by atoms with Crippen LogP contribution >= 0.6 is 0 Å². The molecule has 1 aliphatic carbocycles. The lowest BCUT2D eigenvalue weighted by Crippen LogP contribution is -2.47. The molecule has 0 atom stereocenters. The number of nitrogens with zero attached hydrogens (tertiary/aromatic N) is 2. The van der Waals surface area contributed by atoms with Gasteiger partial charge in [0.05, 0.1) is 0 Å². The van der Waals surface area contributed by atoms with E-state index in [0.29, 0.717) is 6.54 Å². The van der Waals surface area contributed by atoms with E-state index in [1.165, 1.54) is 5.69 Å². The highest BCUT2D eigenvalue weighted by atomic mass is 16.2. The van der Waals surface area contributed by atoms with Crippen molar-refractivity contribution in [2.45, 2.75) is 38.1 Å². The number of anilines is 1. The molecule has 2 N–H and O–H groups in total. The molecular formula is C20H30N4O2. The van der Waals surface area contributed by atoms with Gasteiger partial charge in [-0.3, -0.25) is 14.5 Å². The Hall–Kier alpha value is -2.08. The van der Waals surface area contributed by atoms with Gasteiger partial charge in [-0.1, -0.05) is 31.0 Å². The third-order valence-corrected chi connectivity index (χ3v) is 5.33. The van der Waals surface area contributed by atoms with Crippen LogP contribution in [0.3, 0.4) is 0 Å². The van der Waals surface area contributed by atoms with Gasteiger partial charge in [0, 0.05) is 44.5 Å². The summed E-state index contributed by atoms with van der Waals surface area (Å²) >= 11 is 0. The number of piperazine rings is 1. The summed E-state index contributed by atoms with van der Waals surface area (Å²) in [5.74, 6) is -0.973. The fourth-order valence-electron chi connectivity index (χ4n) is 3.77. The standard InChI is InChI=1S/C20H30N4O2/c25-19(20(26)22-17-7-4-5-8-17)21-11-6-12-23-13-15-24(16-14-23)18-9-2-1-3-10-18/h1-3,9-10,17H,4-8,11-16H2,(H,21,25)(H,22,26). The number of para-hydroxylation sites is 1. The zero-order chi connectivity index (χ0) is 18.2. The van der Waals surface area contributed by atoms with Crippen molar-refractivity contribution in [1.29, 1.82) is 0 Å². The van der Waals surface area contributed by atoms with Crippen molar-refractivity contribution < 1.29 is 9.59 Å². The molecule has 0 unspecified atom stereocenters. The van der Waals surface area contributed by atoms with Crippen LogP contribution in [-0.4, -0.2) is 62.0 Å². The number of rotatable bonds is 6. The largest absolute Gasteiger partial charge is 0.369 e. The molecule has 0 aromatic heterocycles. The third kappa shape index (κ3) is 5.46. The third-order valence-electron chi connectivity index (χ3n) is 5.33. The van der Waals surface area contributed by atoms with E-state index in [2.05, 4.69) is 44.7 Å². The van der Waals surface area contributed by atoms with Crippen molar-refractivity contribution in [3.63, 3.8) is 0 Å². The van der Waals surface area contributed by atoms with Gasteiger partial charge >= 0.3 is 11.8 Å². The second kappa shape index (κ2) is 9.57. The fourth-order valence-corrected chi connectivity index (χ4v) is 3.77. The summed E-state index contributed by atoms with van der Waals surface area (Å²) in [6.45, 7) is 5.62. The van der Waals surface area contributed by atoms with Crippen molar-refractivity contribution >= 4 is 17.5 Å². The van der Waals surface area contributed by atoms with E-state index in [9.17, 15) is 9.59 Å². The highest BCUT2D eigenvalue weighted by Crippen LogP contribution is 2.17. The molecule has 3 rings (SSSR count). The first-order chi connectivity index (χ1) is 12.7. The van der Waals surface area contributed by atoms with E-state index in [1.54, 1.807) is 0 Å². The molecule has 0 spiro atoms. The lowest BCUT2D eigenvalue weighted by molar-refractivity contribution is -0.139. The van der Waals surface area contributed by atoms with Gasteiger partial charge < -0.3 is 15.5 Å². The van der Waals surface area contributed by atoms with Gasteiger partial charge in [0.25, 0.3) is 0 Å². The molecule has 142 valence electrons. The quantitative estimate of drug-likeness (QED) is 0.596. The SMILES string of the molecule is O=C(NCCCN1CCN(c2ccccc2)CC1)C(=O)NC1CCCC1. The van der Waals surface area contributed by atoms with E-state index in [-0.39, 0.29) is 6.04 Å². The van der Waals surface area contributed by atoms with Gasteiger partial charge in [-0.15, -0.1) is 0 Å². The van der Waals surface area contributed by atoms with Gasteiger partial charge in [0.1, 0.15) is 0 Å². The van der Waals surface area contributed by atoms with Gasteiger partial charge in [-0.25, -0.2) is 0 Å². The summed E-state index contributed by atoms with van der Waals surface area (Å²) in [5.41, 5.74) is 1.28. The van der Waals surface area contributed by atoms with Crippen LogP contribution in [0.5, 0.6) is 0 Å². The zero-order valence-electron chi connectivity index (χ0n) is 15.5. The molecule has 1 aromatic rings. The Morgan fingerprint density at radius 3 is 2.35 bits per heavy atom. The molecule has 2 amide bonds. The molecule has 2 aliphatic rings. The summed E-state index contributed by atoms with van der Waals surface area (Å²) < 4.78 is 0. The maximum Gasteiger partial charge on any atom is 0.309 e. The Kier molecular flexibility index (Phi) is 6.89. The maximum absolute atomic E-state index is 11.8. The molecule has 0 radical (unpaired) electrons. The second-order valence-corrected chi connectivity index (χ2v) is 7.23. The van der Waals surface area contributed by atoms with E-state index < -0.39 is 11.8 Å². The summed E-state index contributed by atoms with van der Waals surface area (Å²) in [5, 5.41) is 5.56. The van der Waals surface area contributed by atoms with E-state index >= 15 is 0 Å². The molecule has 6 heteroatoms. The first-order valence-electron chi connectivity index (χ1n) is 9.83.